The number of carbonyl (C=O) groups is 1. The van der Waals surface area contributed by atoms with Gasteiger partial charge in [0, 0.05) is 5.69 Å². The molecular formula is C26H32ClN3O. The van der Waals surface area contributed by atoms with Crippen LogP contribution in [0.4, 0.5) is 17.2 Å². The maximum absolute atomic E-state index is 13.2. The summed E-state index contributed by atoms with van der Waals surface area (Å²) in [5, 5.41) is 5.77. The second-order valence-corrected chi connectivity index (χ2v) is 12.1. The Morgan fingerprint density at radius 2 is 1.45 bits per heavy atom. The number of rotatable bonds is 5. The molecule has 1 atom stereocenters. The minimum absolute atomic E-state index is 0.0926. The predicted molar refractivity (Wildman–Crippen MR) is 127 cm³/mol. The molecule has 2 aromatic rings. The van der Waals surface area contributed by atoms with Crippen LogP contribution < -0.4 is 10.6 Å². The van der Waals surface area contributed by atoms with E-state index in [1.165, 1.54) is 19.3 Å². The summed E-state index contributed by atoms with van der Waals surface area (Å²) in [4.78, 5) is 17.7. The lowest BCUT2D eigenvalue weighted by Gasteiger charge is -2.69. The van der Waals surface area contributed by atoms with Gasteiger partial charge in [-0.05, 0) is 84.5 Å². The molecule has 164 valence electrons. The maximum atomic E-state index is 13.2. The Morgan fingerprint density at radius 3 is 1.97 bits per heavy atom. The van der Waals surface area contributed by atoms with Crippen LogP contribution in [0.5, 0.6) is 0 Å². The first-order chi connectivity index (χ1) is 14.6. The monoisotopic (exact) mass is 437 g/mol. The summed E-state index contributed by atoms with van der Waals surface area (Å²) >= 11 is 6.98. The van der Waals surface area contributed by atoms with Crippen LogP contribution in [-0.2, 0) is 4.79 Å². The summed E-state index contributed by atoms with van der Waals surface area (Å²) in [6, 6.07) is 13.7. The molecule has 0 radical (unpaired) electrons. The van der Waals surface area contributed by atoms with Crippen LogP contribution in [0.3, 0.4) is 0 Å². The zero-order chi connectivity index (χ0) is 21.9. The Kier molecular flexibility index (Phi) is 4.68. The smallest absolute Gasteiger partial charge is 0.243 e. The van der Waals surface area contributed by atoms with Gasteiger partial charge in [-0.3, -0.25) is 4.79 Å². The summed E-state index contributed by atoms with van der Waals surface area (Å²) in [7, 11) is 0. The quantitative estimate of drug-likeness (QED) is 0.508. The average Bonchev–Trinajstić information content (AvgIpc) is 2.66. The molecule has 6 rings (SSSR count). The van der Waals surface area contributed by atoms with Gasteiger partial charge in [0.05, 0.1) is 11.9 Å². The van der Waals surface area contributed by atoms with Gasteiger partial charge >= 0.3 is 0 Å². The zero-order valence-corrected chi connectivity index (χ0v) is 19.4. The molecule has 4 saturated carbocycles. The summed E-state index contributed by atoms with van der Waals surface area (Å²) in [5.41, 5.74) is 2.46. The van der Waals surface area contributed by atoms with Crippen molar-refractivity contribution in [2.45, 2.75) is 64.7 Å². The standard InChI is InChI=1S/C26H32ClN3O/c1-23-12-24(2)14-25(3,13-23)17-26(15-23,16-24)21(27)22(31)30-19-9-10-20(28-11-19)29-18-7-5-4-6-8-18/h4-11,21H,12-17H2,1-3H3,(H,28,29)(H,30,31). The summed E-state index contributed by atoms with van der Waals surface area (Å²) in [6.45, 7) is 7.25. The van der Waals surface area contributed by atoms with Crippen LogP contribution in [0.25, 0.3) is 0 Å². The van der Waals surface area contributed by atoms with E-state index in [1.54, 1.807) is 6.20 Å². The highest BCUT2D eigenvalue weighted by molar-refractivity contribution is 6.33. The molecule has 5 heteroatoms. The van der Waals surface area contributed by atoms with Crippen LogP contribution in [-0.4, -0.2) is 16.3 Å². The third-order valence-corrected chi connectivity index (χ3v) is 8.40. The van der Waals surface area contributed by atoms with Crippen molar-refractivity contribution in [2.24, 2.45) is 21.7 Å². The number of amides is 1. The van der Waals surface area contributed by atoms with Crippen molar-refractivity contribution in [1.29, 1.82) is 0 Å². The number of nitrogens with zero attached hydrogens (tertiary/aromatic N) is 1. The Labute approximate surface area is 190 Å². The lowest BCUT2D eigenvalue weighted by atomic mass is 9.36. The van der Waals surface area contributed by atoms with E-state index in [0.29, 0.717) is 21.9 Å². The van der Waals surface area contributed by atoms with Crippen LogP contribution in [0.1, 0.15) is 59.3 Å². The zero-order valence-electron chi connectivity index (χ0n) is 18.7. The topological polar surface area (TPSA) is 54.0 Å². The molecule has 1 amide bonds. The van der Waals surface area contributed by atoms with Crippen molar-refractivity contribution >= 4 is 34.7 Å². The van der Waals surface area contributed by atoms with Gasteiger partial charge in [0.1, 0.15) is 11.2 Å². The van der Waals surface area contributed by atoms with Gasteiger partial charge in [0.15, 0.2) is 0 Å². The maximum Gasteiger partial charge on any atom is 0.243 e. The Morgan fingerprint density at radius 1 is 0.871 bits per heavy atom. The van der Waals surface area contributed by atoms with Gasteiger partial charge in [0.25, 0.3) is 0 Å². The number of anilines is 3. The van der Waals surface area contributed by atoms with Crippen LogP contribution in [0.2, 0.25) is 0 Å². The van der Waals surface area contributed by atoms with Crippen molar-refractivity contribution in [2.75, 3.05) is 10.6 Å². The molecule has 0 saturated heterocycles. The number of hydrogen-bond donors (Lipinski definition) is 2. The molecule has 2 N–H and O–H groups in total. The molecule has 4 nitrogen and oxygen atoms in total. The molecular weight excluding hydrogens is 406 g/mol. The van der Waals surface area contributed by atoms with Crippen molar-refractivity contribution in [3.8, 4) is 0 Å². The summed E-state index contributed by atoms with van der Waals surface area (Å²) in [6.07, 6.45) is 8.67. The molecule has 0 spiro atoms. The van der Waals surface area contributed by atoms with Crippen LogP contribution in [0.15, 0.2) is 48.7 Å². The molecule has 4 aliphatic rings. The normalized spacial score (nSPS) is 36.8. The van der Waals surface area contributed by atoms with E-state index in [9.17, 15) is 4.79 Å². The molecule has 0 aliphatic heterocycles. The molecule has 4 bridgehead atoms. The Bertz CT molecular complexity index is 936. The van der Waals surface area contributed by atoms with Crippen molar-refractivity contribution < 1.29 is 4.79 Å². The number of halogens is 1. The molecule has 4 aliphatic carbocycles. The lowest BCUT2D eigenvalue weighted by molar-refractivity contribution is -0.184. The lowest BCUT2D eigenvalue weighted by Crippen LogP contribution is -2.62. The van der Waals surface area contributed by atoms with Crippen molar-refractivity contribution in [1.82, 2.24) is 4.98 Å². The number of hydrogen-bond acceptors (Lipinski definition) is 3. The fourth-order valence-electron chi connectivity index (χ4n) is 8.35. The van der Waals surface area contributed by atoms with E-state index >= 15 is 0 Å². The van der Waals surface area contributed by atoms with E-state index in [4.69, 9.17) is 11.6 Å². The van der Waals surface area contributed by atoms with Gasteiger partial charge < -0.3 is 10.6 Å². The van der Waals surface area contributed by atoms with E-state index < -0.39 is 5.38 Å². The molecule has 1 heterocycles. The largest absolute Gasteiger partial charge is 0.340 e. The second kappa shape index (κ2) is 6.96. The Balaban J connectivity index is 1.30. The number of carbonyl (C=O) groups excluding carboxylic acids is 1. The highest BCUT2D eigenvalue weighted by Crippen LogP contribution is 2.74. The highest BCUT2D eigenvalue weighted by atomic mass is 35.5. The molecule has 1 aromatic heterocycles. The molecule has 1 unspecified atom stereocenters. The minimum Gasteiger partial charge on any atom is -0.340 e. The third kappa shape index (κ3) is 3.84. The predicted octanol–water partition coefficient (Wildman–Crippen LogP) is 6.76. The SMILES string of the molecule is CC12CC3(C)CC(C)(C1)CC(C(Cl)C(=O)Nc1ccc(Nc4ccccc4)nc1)(C2)C3. The van der Waals surface area contributed by atoms with E-state index in [0.717, 1.165) is 30.8 Å². The summed E-state index contributed by atoms with van der Waals surface area (Å²) in [5.74, 6) is 0.645. The molecule has 4 fully saturated rings. The number of para-hydroxylation sites is 1. The van der Waals surface area contributed by atoms with E-state index in [2.05, 4.69) is 36.4 Å². The van der Waals surface area contributed by atoms with Crippen molar-refractivity contribution in [3.63, 3.8) is 0 Å². The number of aromatic nitrogens is 1. The third-order valence-electron chi connectivity index (χ3n) is 7.74. The fourth-order valence-corrected chi connectivity index (χ4v) is 8.64. The average molecular weight is 438 g/mol. The number of pyridine rings is 1. The van der Waals surface area contributed by atoms with Gasteiger partial charge in [-0.1, -0.05) is 39.0 Å². The number of alkyl halides is 1. The first kappa shape index (κ1) is 20.8. The Hall–Kier alpha value is -2.07. The minimum atomic E-state index is -0.520. The molecule has 1 aromatic carbocycles. The first-order valence-electron chi connectivity index (χ1n) is 11.3. The first-order valence-corrected chi connectivity index (χ1v) is 11.8. The van der Waals surface area contributed by atoms with Gasteiger partial charge in [-0.2, -0.15) is 0 Å². The van der Waals surface area contributed by atoms with Crippen molar-refractivity contribution in [3.05, 3.63) is 48.7 Å². The van der Waals surface area contributed by atoms with E-state index in [1.807, 2.05) is 42.5 Å². The highest BCUT2D eigenvalue weighted by Gasteiger charge is 2.66. The van der Waals surface area contributed by atoms with Gasteiger partial charge in [0.2, 0.25) is 5.91 Å². The fraction of sp³-hybridized carbons (Fsp3) is 0.538. The van der Waals surface area contributed by atoms with Crippen LogP contribution >= 0.6 is 11.6 Å². The van der Waals surface area contributed by atoms with Crippen LogP contribution in [0, 0.1) is 21.7 Å². The summed E-state index contributed by atoms with van der Waals surface area (Å²) < 4.78 is 0. The van der Waals surface area contributed by atoms with Gasteiger partial charge in [-0.15, -0.1) is 11.6 Å². The van der Waals surface area contributed by atoms with Gasteiger partial charge in [-0.25, -0.2) is 4.98 Å². The number of benzene rings is 1. The van der Waals surface area contributed by atoms with E-state index in [-0.39, 0.29) is 11.3 Å². The number of nitrogens with one attached hydrogen (secondary N) is 2. The molecule has 31 heavy (non-hydrogen) atoms. The second-order valence-electron chi connectivity index (χ2n) is 11.6.